The Kier molecular flexibility index (Phi) is 5.53. The molecule has 3 aromatic rings. The molecule has 0 unspecified atom stereocenters. The van der Waals surface area contributed by atoms with E-state index >= 15 is 0 Å². The average Bonchev–Trinajstić information content (AvgIpc) is 2.69. The predicted octanol–water partition coefficient (Wildman–Crippen LogP) is 4.40. The highest BCUT2D eigenvalue weighted by Gasteiger charge is 2.10. The van der Waals surface area contributed by atoms with Crippen LogP contribution >= 0.6 is 0 Å². The third kappa shape index (κ3) is 3.85. The number of ether oxygens (including phenoxy) is 2. The Balaban J connectivity index is 1.85. The normalized spacial score (nSPS) is 10.3. The van der Waals surface area contributed by atoms with Gasteiger partial charge >= 0.3 is 0 Å². The summed E-state index contributed by atoms with van der Waals surface area (Å²) in [6.45, 7) is 2.90. The lowest BCUT2D eigenvalue weighted by molar-refractivity contribution is 0.355. The Hall–Kier alpha value is -3.28. The van der Waals surface area contributed by atoms with E-state index in [1.165, 1.54) is 0 Å². The number of hydrogen-bond donors (Lipinski definition) is 1. The molecular formula is C20H22N4O2. The Bertz CT molecular complexity index is 855. The molecule has 0 saturated carbocycles. The first-order chi connectivity index (χ1) is 12.7. The van der Waals surface area contributed by atoms with Crippen molar-refractivity contribution < 1.29 is 9.47 Å². The van der Waals surface area contributed by atoms with Gasteiger partial charge in [-0.2, -0.15) is 0 Å². The molecule has 2 aromatic carbocycles. The first kappa shape index (κ1) is 17.5. The molecule has 1 aromatic heterocycles. The topological polar surface area (TPSA) is 59.5 Å². The van der Waals surface area contributed by atoms with Gasteiger partial charge in [-0.25, -0.2) is 9.97 Å². The van der Waals surface area contributed by atoms with Crippen molar-refractivity contribution >= 4 is 23.0 Å². The van der Waals surface area contributed by atoms with Crippen LogP contribution in [0.3, 0.4) is 0 Å². The number of benzene rings is 2. The van der Waals surface area contributed by atoms with E-state index in [-0.39, 0.29) is 0 Å². The van der Waals surface area contributed by atoms with Gasteiger partial charge in [0.25, 0.3) is 0 Å². The third-order valence-electron chi connectivity index (χ3n) is 3.97. The number of nitrogens with one attached hydrogen (secondary N) is 1. The van der Waals surface area contributed by atoms with Crippen LogP contribution in [-0.2, 0) is 0 Å². The van der Waals surface area contributed by atoms with Crippen LogP contribution < -0.4 is 19.7 Å². The molecule has 0 spiro atoms. The molecule has 6 nitrogen and oxygen atoms in total. The highest BCUT2D eigenvalue weighted by Crippen LogP contribution is 2.31. The van der Waals surface area contributed by atoms with Crippen LogP contribution in [0.25, 0.3) is 0 Å². The number of para-hydroxylation sites is 1. The molecule has 0 radical (unpaired) electrons. The summed E-state index contributed by atoms with van der Waals surface area (Å²) in [6, 6.07) is 17.7. The molecule has 3 rings (SSSR count). The Labute approximate surface area is 153 Å². The van der Waals surface area contributed by atoms with E-state index in [1.54, 1.807) is 20.5 Å². The van der Waals surface area contributed by atoms with Gasteiger partial charge < -0.3 is 19.7 Å². The van der Waals surface area contributed by atoms with E-state index < -0.39 is 0 Å². The molecule has 0 aliphatic carbocycles. The van der Waals surface area contributed by atoms with Gasteiger partial charge in [-0.05, 0) is 31.2 Å². The smallest absolute Gasteiger partial charge is 0.162 e. The van der Waals surface area contributed by atoms with Gasteiger partial charge in [0.15, 0.2) is 11.5 Å². The molecule has 0 aliphatic rings. The number of rotatable bonds is 7. The third-order valence-corrected chi connectivity index (χ3v) is 3.97. The van der Waals surface area contributed by atoms with Crippen molar-refractivity contribution in [2.75, 3.05) is 31.0 Å². The summed E-state index contributed by atoms with van der Waals surface area (Å²) in [5, 5.41) is 3.29. The van der Waals surface area contributed by atoms with E-state index in [0.717, 1.165) is 23.7 Å². The molecule has 134 valence electrons. The maximum Gasteiger partial charge on any atom is 0.162 e. The number of anilines is 4. The quantitative estimate of drug-likeness (QED) is 0.682. The van der Waals surface area contributed by atoms with Crippen molar-refractivity contribution in [1.82, 2.24) is 9.97 Å². The van der Waals surface area contributed by atoms with Gasteiger partial charge in [0.05, 0.1) is 14.2 Å². The number of nitrogens with zero attached hydrogens (tertiary/aromatic N) is 3. The maximum atomic E-state index is 5.35. The van der Waals surface area contributed by atoms with Crippen molar-refractivity contribution in [3.05, 3.63) is 60.9 Å². The molecule has 6 heteroatoms. The molecule has 0 saturated heterocycles. The first-order valence-corrected chi connectivity index (χ1v) is 8.38. The van der Waals surface area contributed by atoms with Crippen molar-refractivity contribution in [2.24, 2.45) is 0 Å². The van der Waals surface area contributed by atoms with Crippen LogP contribution in [0, 0.1) is 0 Å². The van der Waals surface area contributed by atoms with Crippen molar-refractivity contribution in [3.63, 3.8) is 0 Å². The van der Waals surface area contributed by atoms with Crippen molar-refractivity contribution in [3.8, 4) is 11.5 Å². The summed E-state index contributed by atoms with van der Waals surface area (Å²) in [7, 11) is 3.23. The zero-order chi connectivity index (χ0) is 18.4. The SMILES string of the molecule is CCN(c1ccccc1)c1cc(Nc2ccc(OC)c(OC)c2)ncn1. The lowest BCUT2D eigenvalue weighted by Crippen LogP contribution is -2.17. The fraction of sp³-hybridized carbons (Fsp3) is 0.200. The van der Waals surface area contributed by atoms with Gasteiger partial charge in [-0.15, -0.1) is 0 Å². The zero-order valence-corrected chi connectivity index (χ0v) is 15.1. The summed E-state index contributed by atoms with van der Waals surface area (Å²) in [5.41, 5.74) is 1.95. The number of aromatic nitrogens is 2. The molecule has 26 heavy (non-hydrogen) atoms. The molecule has 0 amide bonds. The second-order valence-corrected chi connectivity index (χ2v) is 5.54. The van der Waals surface area contributed by atoms with Crippen LogP contribution in [0.5, 0.6) is 11.5 Å². The fourth-order valence-electron chi connectivity index (χ4n) is 2.71. The fourth-order valence-corrected chi connectivity index (χ4v) is 2.71. The second kappa shape index (κ2) is 8.20. The van der Waals surface area contributed by atoms with Gasteiger partial charge in [0.1, 0.15) is 18.0 Å². The average molecular weight is 350 g/mol. The maximum absolute atomic E-state index is 5.35. The van der Waals surface area contributed by atoms with Gasteiger partial charge in [-0.3, -0.25) is 0 Å². The second-order valence-electron chi connectivity index (χ2n) is 5.54. The largest absolute Gasteiger partial charge is 0.493 e. The molecule has 0 bridgehead atoms. The van der Waals surface area contributed by atoms with Crippen molar-refractivity contribution in [1.29, 1.82) is 0 Å². The lowest BCUT2D eigenvalue weighted by atomic mass is 10.2. The summed E-state index contributed by atoms with van der Waals surface area (Å²) < 4.78 is 10.6. The van der Waals surface area contributed by atoms with E-state index in [9.17, 15) is 0 Å². The monoisotopic (exact) mass is 350 g/mol. The van der Waals surface area contributed by atoms with Crippen LogP contribution in [0.2, 0.25) is 0 Å². The number of hydrogen-bond acceptors (Lipinski definition) is 6. The summed E-state index contributed by atoms with van der Waals surface area (Å²) in [5.74, 6) is 2.88. The summed E-state index contributed by atoms with van der Waals surface area (Å²) >= 11 is 0. The molecular weight excluding hydrogens is 328 g/mol. The molecule has 1 N–H and O–H groups in total. The molecule has 0 aliphatic heterocycles. The summed E-state index contributed by atoms with van der Waals surface area (Å²) in [4.78, 5) is 10.9. The van der Waals surface area contributed by atoms with Gasteiger partial charge in [0, 0.05) is 30.1 Å². The Morgan fingerprint density at radius 1 is 0.923 bits per heavy atom. The van der Waals surface area contributed by atoms with Crippen LogP contribution in [0.15, 0.2) is 60.9 Å². The lowest BCUT2D eigenvalue weighted by Gasteiger charge is -2.22. The Morgan fingerprint density at radius 3 is 2.38 bits per heavy atom. The summed E-state index contributed by atoms with van der Waals surface area (Å²) in [6.07, 6.45) is 1.56. The number of methoxy groups -OCH3 is 2. The first-order valence-electron chi connectivity index (χ1n) is 8.38. The zero-order valence-electron chi connectivity index (χ0n) is 15.1. The van der Waals surface area contributed by atoms with Crippen molar-refractivity contribution in [2.45, 2.75) is 6.92 Å². The van der Waals surface area contributed by atoms with Gasteiger partial charge in [-0.1, -0.05) is 18.2 Å². The minimum absolute atomic E-state index is 0.659. The van der Waals surface area contributed by atoms with Gasteiger partial charge in [0.2, 0.25) is 0 Å². The highest BCUT2D eigenvalue weighted by atomic mass is 16.5. The molecule has 1 heterocycles. The standard InChI is InChI=1S/C20H22N4O2/c1-4-24(16-8-6-5-7-9-16)20-13-19(21-14-22-20)23-15-10-11-17(25-2)18(12-15)26-3/h5-14H,4H2,1-3H3,(H,21,22,23). The van der Waals surface area contributed by atoms with Crippen LogP contribution in [0.1, 0.15) is 6.92 Å². The van der Waals surface area contributed by atoms with E-state index in [0.29, 0.717) is 17.3 Å². The highest BCUT2D eigenvalue weighted by molar-refractivity contribution is 5.66. The minimum atomic E-state index is 0.659. The van der Waals surface area contributed by atoms with E-state index in [2.05, 4.69) is 39.2 Å². The molecule has 0 atom stereocenters. The van der Waals surface area contributed by atoms with Crippen LogP contribution in [0.4, 0.5) is 23.0 Å². The van der Waals surface area contributed by atoms with Crippen LogP contribution in [-0.4, -0.2) is 30.7 Å². The van der Waals surface area contributed by atoms with E-state index in [4.69, 9.17) is 9.47 Å². The minimum Gasteiger partial charge on any atom is -0.493 e. The van der Waals surface area contributed by atoms with E-state index in [1.807, 2.05) is 42.5 Å². The Morgan fingerprint density at radius 2 is 1.69 bits per heavy atom. The predicted molar refractivity (Wildman–Crippen MR) is 104 cm³/mol. The molecule has 0 fully saturated rings.